The van der Waals surface area contributed by atoms with Gasteiger partial charge in [-0.15, -0.1) is 11.3 Å². The number of nitrogens with one attached hydrogen (secondary N) is 1. The molecule has 26 heavy (non-hydrogen) atoms. The Kier molecular flexibility index (Phi) is 5.58. The highest BCUT2D eigenvalue weighted by atomic mass is 32.1. The van der Waals surface area contributed by atoms with E-state index in [2.05, 4.69) is 11.4 Å². The molecule has 0 bridgehead atoms. The van der Waals surface area contributed by atoms with E-state index in [1.165, 1.54) is 16.9 Å². The minimum absolute atomic E-state index is 0.106. The Morgan fingerprint density at radius 2 is 1.85 bits per heavy atom. The van der Waals surface area contributed by atoms with Gasteiger partial charge in [-0.25, -0.2) is 0 Å². The molecule has 0 unspecified atom stereocenters. The first-order chi connectivity index (χ1) is 12.6. The summed E-state index contributed by atoms with van der Waals surface area (Å²) in [6.07, 6.45) is 0. The first-order valence-electron chi connectivity index (χ1n) is 8.28. The molecule has 1 amide bonds. The van der Waals surface area contributed by atoms with Gasteiger partial charge < -0.3 is 14.8 Å². The molecule has 2 aromatic carbocycles. The Balaban J connectivity index is 1.64. The average molecular weight is 367 g/mol. The van der Waals surface area contributed by atoms with Gasteiger partial charge in [0.1, 0.15) is 6.61 Å². The molecule has 3 rings (SSSR count). The molecule has 5 heteroatoms. The number of aryl methyl sites for hydroxylation is 2. The minimum Gasteiger partial charge on any atom is -0.493 e. The van der Waals surface area contributed by atoms with Crippen molar-refractivity contribution in [1.82, 2.24) is 0 Å². The monoisotopic (exact) mass is 367 g/mol. The third kappa shape index (κ3) is 4.24. The number of anilines is 1. The Bertz CT molecular complexity index is 917. The van der Waals surface area contributed by atoms with Crippen LogP contribution < -0.4 is 14.8 Å². The van der Waals surface area contributed by atoms with E-state index < -0.39 is 0 Å². The standard InChI is InChI=1S/C21H21NO3S/c1-14-8-9-17(15(2)10-14)22-21(23)20-11-16(13-26-20)12-25-19-7-5-4-6-18(19)24-3/h4-11,13H,12H2,1-3H3,(H,22,23). The summed E-state index contributed by atoms with van der Waals surface area (Å²) in [6, 6.07) is 15.3. The molecule has 0 atom stereocenters. The van der Waals surface area contributed by atoms with E-state index in [9.17, 15) is 4.79 Å². The first-order valence-corrected chi connectivity index (χ1v) is 9.16. The van der Waals surface area contributed by atoms with E-state index >= 15 is 0 Å². The molecular formula is C21H21NO3S. The van der Waals surface area contributed by atoms with Crippen LogP contribution in [0, 0.1) is 13.8 Å². The van der Waals surface area contributed by atoms with Gasteiger partial charge in [-0.3, -0.25) is 4.79 Å². The fraction of sp³-hybridized carbons (Fsp3) is 0.190. The van der Waals surface area contributed by atoms with Crippen LogP contribution in [0.2, 0.25) is 0 Å². The third-order valence-corrected chi connectivity index (χ3v) is 4.95. The van der Waals surface area contributed by atoms with Crippen molar-refractivity contribution in [2.75, 3.05) is 12.4 Å². The first kappa shape index (κ1) is 18.0. The fourth-order valence-electron chi connectivity index (χ4n) is 2.61. The molecule has 1 aromatic heterocycles. The van der Waals surface area contributed by atoms with Crippen LogP contribution in [0.3, 0.4) is 0 Å². The van der Waals surface area contributed by atoms with Crippen LogP contribution in [-0.4, -0.2) is 13.0 Å². The van der Waals surface area contributed by atoms with Crippen LogP contribution in [0.4, 0.5) is 5.69 Å². The molecule has 0 spiro atoms. The SMILES string of the molecule is COc1ccccc1OCc1csc(C(=O)Nc2ccc(C)cc2C)c1. The Labute approximate surface area is 157 Å². The number of hydrogen-bond acceptors (Lipinski definition) is 4. The van der Waals surface area contributed by atoms with E-state index in [0.717, 1.165) is 16.8 Å². The summed E-state index contributed by atoms with van der Waals surface area (Å²) >= 11 is 1.41. The van der Waals surface area contributed by atoms with Crippen molar-refractivity contribution < 1.29 is 14.3 Å². The van der Waals surface area contributed by atoms with Crippen molar-refractivity contribution in [2.24, 2.45) is 0 Å². The van der Waals surface area contributed by atoms with Crippen molar-refractivity contribution in [1.29, 1.82) is 0 Å². The van der Waals surface area contributed by atoms with E-state index in [4.69, 9.17) is 9.47 Å². The lowest BCUT2D eigenvalue weighted by molar-refractivity contribution is 0.103. The molecule has 0 aliphatic carbocycles. The van der Waals surface area contributed by atoms with Gasteiger partial charge in [-0.05, 0) is 49.1 Å². The number of para-hydroxylation sites is 2. The summed E-state index contributed by atoms with van der Waals surface area (Å²) in [5, 5.41) is 4.91. The van der Waals surface area contributed by atoms with Gasteiger partial charge >= 0.3 is 0 Å². The summed E-state index contributed by atoms with van der Waals surface area (Å²) in [7, 11) is 1.61. The Morgan fingerprint density at radius 3 is 2.58 bits per heavy atom. The van der Waals surface area contributed by atoms with Gasteiger partial charge in [0, 0.05) is 11.3 Å². The fourth-order valence-corrected chi connectivity index (χ4v) is 3.40. The maximum Gasteiger partial charge on any atom is 0.265 e. The highest BCUT2D eigenvalue weighted by molar-refractivity contribution is 7.12. The zero-order valence-electron chi connectivity index (χ0n) is 15.0. The maximum atomic E-state index is 12.5. The average Bonchev–Trinajstić information content (AvgIpc) is 3.11. The summed E-state index contributed by atoms with van der Waals surface area (Å²) in [5.41, 5.74) is 4.01. The number of thiophene rings is 1. The molecule has 0 saturated heterocycles. The molecular weight excluding hydrogens is 346 g/mol. The van der Waals surface area contributed by atoms with Crippen molar-refractivity contribution in [2.45, 2.75) is 20.5 Å². The zero-order valence-corrected chi connectivity index (χ0v) is 15.9. The molecule has 0 aliphatic heterocycles. The Hall–Kier alpha value is -2.79. The number of benzene rings is 2. The highest BCUT2D eigenvalue weighted by Crippen LogP contribution is 2.27. The number of amides is 1. The molecule has 0 radical (unpaired) electrons. The summed E-state index contributed by atoms with van der Waals surface area (Å²) in [4.78, 5) is 13.1. The normalized spacial score (nSPS) is 10.4. The van der Waals surface area contributed by atoms with E-state index in [1.54, 1.807) is 7.11 Å². The van der Waals surface area contributed by atoms with Crippen LogP contribution >= 0.6 is 11.3 Å². The van der Waals surface area contributed by atoms with Gasteiger partial charge in [0.15, 0.2) is 11.5 Å². The van der Waals surface area contributed by atoms with Gasteiger partial charge in [0.2, 0.25) is 0 Å². The molecule has 0 fully saturated rings. The van der Waals surface area contributed by atoms with Gasteiger partial charge in [-0.1, -0.05) is 29.8 Å². The highest BCUT2D eigenvalue weighted by Gasteiger charge is 2.12. The van der Waals surface area contributed by atoms with E-state index in [1.807, 2.05) is 61.7 Å². The summed E-state index contributed by atoms with van der Waals surface area (Å²) in [6.45, 7) is 4.41. The second-order valence-electron chi connectivity index (χ2n) is 6.03. The van der Waals surface area contributed by atoms with Crippen LogP contribution in [0.1, 0.15) is 26.4 Å². The van der Waals surface area contributed by atoms with Crippen LogP contribution in [0.5, 0.6) is 11.5 Å². The zero-order chi connectivity index (χ0) is 18.5. The van der Waals surface area contributed by atoms with Gasteiger partial charge in [0.05, 0.1) is 12.0 Å². The Morgan fingerprint density at radius 1 is 1.08 bits per heavy atom. The summed E-state index contributed by atoms with van der Waals surface area (Å²) < 4.78 is 11.1. The molecule has 1 N–H and O–H groups in total. The smallest absolute Gasteiger partial charge is 0.265 e. The molecule has 3 aromatic rings. The van der Waals surface area contributed by atoms with Crippen LogP contribution in [-0.2, 0) is 6.61 Å². The number of carbonyl (C=O) groups is 1. The number of methoxy groups -OCH3 is 1. The second kappa shape index (κ2) is 8.06. The van der Waals surface area contributed by atoms with Gasteiger partial charge in [-0.2, -0.15) is 0 Å². The number of rotatable bonds is 6. The van der Waals surface area contributed by atoms with Crippen molar-refractivity contribution in [3.8, 4) is 11.5 Å². The summed E-state index contributed by atoms with van der Waals surface area (Å²) in [5.74, 6) is 1.27. The molecule has 0 aliphatic rings. The van der Waals surface area contributed by atoms with E-state index in [-0.39, 0.29) is 5.91 Å². The largest absolute Gasteiger partial charge is 0.493 e. The lowest BCUT2D eigenvalue weighted by Gasteiger charge is -2.09. The van der Waals surface area contributed by atoms with Crippen molar-refractivity contribution in [3.63, 3.8) is 0 Å². The number of hydrogen-bond donors (Lipinski definition) is 1. The van der Waals surface area contributed by atoms with Crippen LogP contribution in [0.25, 0.3) is 0 Å². The lowest BCUT2D eigenvalue weighted by atomic mass is 10.1. The van der Waals surface area contributed by atoms with Gasteiger partial charge in [0.25, 0.3) is 5.91 Å². The third-order valence-electron chi connectivity index (χ3n) is 3.97. The quantitative estimate of drug-likeness (QED) is 0.651. The predicted molar refractivity (Wildman–Crippen MR) is 106 cm³/mol. The molecule has 1 heterocycles. The van der Waals surface area contributed by atoms with Crippen molar-refractivity contribution >= 4 is 22.9 Å². The molecule has 134 valence electrons. The van der Waals surface area contributed by atoms with Crippen molar-refractivity contribution in [3.05, 3.63) is 75.5 Å². The van der Waals surface area contributed by atoms with Crippen LogP contribution in [0.15, 0.2) is 53.9 Å². The number of ether oxygens (including phenoxy) is 2. The lowest BCUT2D eigenvalue weighted by Crippen LogP contribution is -2.11. The number of carbonyl (C=O) groups excluding carboxylic acids is 1. The minimum atomic E-state index is -0.106. The predicted octanol–water partition coefficient (Wildman–Crippen LogP) is 5.20. The molecule has 0 saturated carbocycles. The topological polar surface area (TPSA) is 47.6 Å². The second-order valence-corrected chi connectivity index (χ2v) is 6.94. The van der Waals surface area contributed by atoms with E-state index in [0.29, 0.717) is 23.0 Å². The molecule has 4 nitrogen and oxygen atoms in total. The maximum absolute atomic E-state index is 12.5.